The molecule has 1 N–H and O–H groups in total. The van der Waals surface area contributed by atoms with E-state index in [-0.39, 0.29) is 5.82 Å². The number of rotatable bonds is 6. The summed E-state index contributed by atoms with van der Waals surface area (Å²) < 4.78 is 13.5. The minimum absolute atomic E-state index is 0.332. The number of benzene rings is 1. The lowest BCUT2D eigenvalue weighted by Gasteiger charge is -2.34. The van der Waals surface area contributed by atoms with Crippen molar-refractivity contribution in [1.29, 1.82) is 0 Å². The number of nitrogens with zero attached hydrogens (tertiary/aromatic N) is 3. The third-order valence-corrected chi connectivity index (χ3v) is 7.12. The molecule has 2 aliphatic rings. The van der Waals surface area contributed by atoms with Gasteiger partial charge in [0, 0.05) is 12.1 Å². The predicted molar refractivity (Wildman–Crippen MR) is 121 cm³/mol. The van der Waals surface area contributed by atoms with Crippen LogP contribution in [0.15, 0.2) is 30.3 Å². The molecule has 0 radical (unpaired) electrons. The number of aromatic nitrogens is 2. The molecular formula is C24H32ClFN4. The molecule has 4 rings (SSSR count). The summed E-state index contributed by atoms with van der Waals surface area (Å²) in [6, 6.07) is 8.01. The van der Waals surface area contributed by atoms with Crippen molar-refractivity contribution in [2.24, 2.45) is 16.7 Å². The van der Waals surface area contributed by atoms with Crippen molar-refractivity contribution < 1.29 is 4.39 Å². The fourth-order valence-corrected chi connectivity index (χ4v) is 4.75. The third-order valence-electron chi connectivity index (χ3n) is 6.79. The van der Waals surface area contributed by atoms with Crippen LogP contribution < -0.4 is 5.32 Å². The van der Waals surface area contributed by atoms with E-state index in [2.05, 4.69) is 41.2 Å². The molecule has 1 aromatic carbocycles. The maximum atomic E-state index is 13.5. The summed E-state index contributed by atoms with van der Waals surface area (Å²) in [6.07, 6.45) is 5.20. The lowest BCUT2D eigenvalue weighted by atomic mass is 9.88. The first kappa shape index (κ1) is 21.5. The quantitative estimate of drug-likeness (QED) is 0.620. The van der Waals surface area contributed by atoms with E-state index in [1.165, 1.54) is 57.5 Å². The standard InChI is InChI=1S/C24H32ClFN4/c1-23(2,3)8-11-30-12-9-24(10-13-30)15-17(24)16-27-22-7-6-21(28-29-22)19-14-18(26)4-5-20(19)25/h4-7,14,17H,8-13,15-16H2,1-3H3,(H,27,29)/t17-/m0/s1. The van der Waals surface area contributed by atoms with Gasteiger partial charge in [-0.15, -0.1) is 10.2 Å². The van der Waals surface area contributed by atoms with Crippen molar-refractivity contribution in [2.45, 2.75) is 46.5 Å². The van der Waals surface area contributed by atoms with Crippen LogP contribution in [0.3, 0.4) is 0 Å². The fourth-order valence-electron chi connectivity index (χ4n) is 4.54. The maximum absolute atomic E-state index is 13.5. The average Bonchev–Trinajstić information content (AvgIpc) is 3.39. The van der Waals surface area contributed by atoms with Gasteiger partial charge < -0.3 is 10.2 Å². The zero-order valence-electron chi connectivity index (χ0n) is 18.2. The lowest BCUT2D eigenvalue weighted by Crippen LogP contribution is -2.37. The van der Waals surface area contributed by atoms with Crippen LogP contribution in [0.2, 0.25) is 5.02 Å². The largest absolute Gasteiger partial charge is 0.368 e. The van der Waals surface area contributed by atoms with Gasteiger partial charge in [0.05, 0.1) is 10.7 Å². The second-order valence-corrected chi connectivity index (χ2v) is 10.6. The molecule has 1 aromatic heterocycles. The SMILES string of the molecule is CC(C)(C)CCN1CCC2(CC1)C[C@H]2CNc1ccc(-c2cc(F)ccc2Cl)nn1. The molecule has 1 spiro atoms. The van der Waals surface area contributed by atoms with E-state index in [1.54, 1.807) is 6.07 Å². The van der Waals surface area contributed by atoms with Gasteiger partial charge in [-0.2, -0.15) is 0 Å². The fraction of sp³-hybridized carbons (Fsp3) is 0.583. The average molecular weight is 431 g/mol. The molecule has 1 aliphatic carbocycles. The van der Waals surface area contributed by atoms with Gasteiger partial charge in [-0.05, 0) is 92.4 Å². The van der Waals surface area contributed by atoms with Gasteiger partial charge in [0.25, 0.3) is 0 Å². The molecule has 162 valence electrons. The van der Waals surface area contributed by atoms with Gasteiger partial charge in [0.1, 0.15) is 11.6 Å². The van der Waals surface area contributed by atoms with Crippen LogP contribution in [0.5, 0.6) is 0 Å². The van der Waals surface area contributed by atoms with Crippen LogP contribution in [0.1, 0.15) is 46.5 Å². The Bertz CT molecular complexity index is 870. The predicted octanol–water partition coefficient (Wildman–Crippen LogP) is 5.89. The van der Waals surface area contributed by atoms with Crippen LogP contribution >= 0.6 is 11.6 Å². The lowest BCUT2D eigenvalue weighted by molar-refractivity contribution is 0.147. The summed E-state index contributed by atoms with van der Waals surface area (Å²) >= 11 is 6.16. The number of hydrogen-bond acceptors (Lipinski definition) is 4. The highest BCUT2D eigenvalue weighted by atomic mass is 35.5. The molecule has 2 heterocycles. The molecule has 0 bridgehead atoms. The highest BCUT2D eigenvalue weighted by Crippen LogP contribution is 2.59. The Hall–Kier alpha value is -1.72. The Morgan fingerprint density at radius 3 is 2.60 bits per heavy atom. The number of hydrogen-bond donors (Lipinski definition) is 1. The number of anilines is 1. The third kappa shape index (κ3) is 5.12. The van der Waals surface area contributed by atoms with Gasteiger partial charge >= 0.3 is 0 Å². The Morgan fingerprint density at radius 1 is 1.17 bits per heavy atom. The van der Waals surface area contributed by atoms with Gasteiger partial charge in [0.15, 0.2) is 0 Å². The summed E-state index contributed by atoms with van der Waals surface area (Å²) in [5.41, 5.74) is 2.09. The van der Waals surface area contributed by atoms with E-state index < -0.39 is 0 Å². The van der Waals surface area contributed by atoms with E-state index in [1.807, 2.05) is 12.1 Å². The molecule has 2 aromatic rings. The Kier molecular flexibility index (Phi) is 6.04. The monoisotopic (exact) mass is 430 g/mol. The van der Waals surface area contributed by atoms with Crippen molar-refractivity contribution in [2.75, 3.05) is 31.5 Å². The van der Waals surface area contributed by atoms with E-state index in [9.17, 15) is 4.39 Å². The number of nitrogens with one attached hydrogen (secondary N) is 1. The molecule has 1 saturated carbocycles. The zero-order chi connectivity index (χ0) is 21.4. The van der Waals surface area contributed by atoms with E-state index in [0.717, 1.165) is 18.3 Å². The molecule has 6 heteroatoms. The molecule has 1 saturated heterocycles. The minimum atomic E-state index is -0.332. The van der Waals surface area contributed by atoms with Crippen LogP contribution in [0.25, 0.3) is 11.3 Å². The second-order valence-electron chi connectivity index (χ2n) is 10.2. The van der Waals surface area contributed by atoms with Crippen molar-refractivity contribution >= 4 is 17.4 Å². The number of piperidine rings is 1. The molecule has 1 aliphatic heterocycles. The van der Waals surface area contributed by atoms with E-state index >= 15 is 0 Å². The Labute approximate surface area is 184 Å². The summed E-state index contributed by atoms with van der Waals surface area (Å²) in [5.74, 6) is 1.15. The van der Waals surface area contributed by atoms with E-state index in [0.29, 0.717) is 27.1 Å². The Morgan fingerprint density at radius 2 is 1.93 bits per heavy atom. The number of likely N-dealkylation sites (tertiary alicyclic amines) is 1. The molecular weight excluding hydrogens is 399 g/mol. The smallest absolute Gasteiger partial charge is 0.148 e. The van der Waals surface area contributed by atoms with Gasteiger partial charge in [0.2, 0.25) is 0 Å². The molecule has 1 atom stereocenters. The van der Waals surface area contributed by atoms with Gasteiger partial charge in [-0.1, -0.05) is 32.4 Å². The second kappa shape index (κ2) is 8.43. The molecule has 2 fully saturated rings. The van der Waals surface area contributed by atoms with Crippen LogP contribution in [0, 0.1) is 22.6 Å². The van der Waals surface area contributed by atoms with Gasteiger partial charge in [-0.3, -0.25) is 0 Å². The van der Waals surface area contributed by atoms with E-state index in [4.69, 9.17) is 11.6 Å². The number of halogens is 2. The van der Waals surface area contributed by atoms with Crippen molar-refractivity contribution in [3.63, 3.8) is 0 Å². The van der Waals surface area contributed by atoms with Crippen LogP contribution in [-0.2, 0) is 0 Å². The summed E-state index contributed by atoms with van der Waals surface area (Å²) in [5, 5.41) is 12.4. The molecule has 4 nitrogen and oxygen atoms in total. The Balaban J connectivity index is 1.25. The van der Waals surface area contributed by atoms with Crippen molar-refractivity contribution in [1.82, 2.24) is 15.1 Å². The summed E-state index contributed by atoms with van der Waals surface area (Å²) in [7, 11) is 0. The first-order valence-corrected chi connectivity index (χ1v) is 11.4. The molecule has 30 heavy (non-hydrogen) atoms. The highest BCUT2D eigenvalue weighted by Gasteiger charge is 2.54. The molecule has 0 amide bonds. The van der Waals surface area contributed by atoms with Crippen LogP contribution in [-0.4, -0.2) is 41.3 Å². The topological polar surface area (TPSA) is 41.0 Å². The normalized spacial score (nSPS) is 21.0. The van der Waals surface area contributed by atoms with Crippen molar-refractivity contribution in [3.8, 4) is 11.3 Å². The minimum Gasteiger partial charge on any atom is -0.368 e. The summed E-state index contributed by atoms with van der Waals surface area (Å²) in [4.78, 5) is 2.64. The zero-order valence-corrected chi connectivity index (χ0v) is 19.0. The maximum Gasteiger partial charge on any atom is 0.148 e. The van der Waals surface area contributed by atoms with Crippen LogP contribution in [0.4, 0.5) is 10.2 Å². The first-order valence-electron chi connectivity index (χ1n) is 11.0. The van der Waals surface area contributed by atoms with Gasteiger partial charge in [-0.25, -0.2) is 4.39 Å². The van der Waals surface area contributed by atoms with Crippen molar-refractivity contribution in [3.05, 3.63) is 41.2 Å². The summed E-state index contributed by atoms with van der Waals surface area (Å²) in [6.45, 7) is 11.6. The first-order chi connectivity index (χ1) is 14.2. The highest BCUT2D eigenvalue weighted by molar-refractivity contribution is 6.33. The molecule has 0 unspecified atom stereocenters.